The highest BCUT2D eigenvalue weighted by atomic mass is 16.5. The first-order valence-corrected chi connectivity index (χ1v) is 12.4. The zero-order valence-electron chi connectivity index (χ0n) is 20.3. The van der Waals surface area contributed by atoms with Crippen molar-refractivity contribution < 1.29 is 19.1 Å². The van der Waals surface area contributed by atoms with Crippen LogP contribution in [-0.2, 0) is 17.9 Å². The van der Waals surface area contributed by atoms with Crippen LogP contribution in [0.4, 0.5) is 5.69 Å². The number of carbonyl (C=O) groups is 3. The van der Waals surface area contributed by atoms with Gasteiger partial charge in [0.2, 0.25) is 5.91 Å². The van der Waals surface area contributed by atoms with Gasteiger partial charge < -0.3 is 19.9 Å². The standard InChI is InChI=1S/C29H29N3O4/c1-2-36-22-15-13-20(14-16-22)18-30-27(33)23-9-4-3-8-21(23)19-32-25-11-6-5-10-24(25)28(34)31-17-7-12-26(31)29(32)35/h3-6,8-11,13-16,26H,2,7,12,17-19H2,1H3,(H,30,33). The topological polar surface area (TPSA) is 79.0 Å². The van der Waals surface area contributed by atoms with Crippen molar-refractivity contribution in [2.75, 3.05) is 18.1 Å². The molecule has 184 valence electrons. The van der Waals surface area contributed by atoms with Crippen LogP contribution in [0.1, 0.15) is 51.6 Å². The second-order valence-electron chi connectivity index (χ2n) is 9.01. The number of ether oxygens (including phenoxy) is 1. The van der Waals surface area contributed by atoms with Gasteiger partial charge in [0.1, 0.15) is 11.8 Å². The van der Waals surface area contributed by atoms with E-state index in [-0.39, 0.29) is 24.3 Å². The van der Waals surface area contributed by atoms with Crippen molar-refractivity contribution in [1.82, 2.24) is 10.2 Å². The number of fused-ring (bicyclic) bond motifs is 2. The lowest BCUT2D eigenvalue weighted by molar-refractivity contribution is -0.122. The Balaban J connectivity index is 1.38. The molecule has 0 bridgehead atoms. The van der Waals surface area contributed by atoms with Crippen LogP contribution >= 0.6 is 0 Å². The highest BCUT2D eigenvalue weighted by Gasteiger charge is 2.42. The summed E-state index contributed by atoms with van der Waals surface area (Å²) in [7, 11) is 0. The van der Waals surface area contributed by atoms with Gasteiger partial charge in [-0.3, -0.25) is 14.4 Å². The summed E-state index contributed by atoms with van der Waals surface area (Å²) in [5.74, 6) is 0.369. The third-order valence-electron chi connectivity index (χ3n) is 6.77. The van der Waals surface area contributed by atoms with E-state index in [4.69, 9.17) is 4.74 Å². The molecule has 3 aromatic rings. The summed E-state index contributed by atoms with van der Waals surface area (Å²) in [6.07, 6.45) is 1.46. The molecule has 0 aromatic heterocycles. The first-order chi connectivity index (χ1) is 17.6. The predicted molar refractivity (Wildman–Crippen MR) is 137 cm³/mol. The largest absolute Gasteiger partial charge is 0.494 e. The maximum atomic E-state index is 13.6. The molecular weight excluding hydrogens is 454 g/mol. The lowest BCUT2D eigenvalue weighted by Gasteiger charge is -2.26. The van der Waals surface area contributed by atoms with Gasteiger partial charge in [-0.2, -0.15) is 0 Å². The highest BCUT2D eigenvalue weighted by molar-refractivity contribution is 6.11. The number of anilines is 1. The molecule has 2 aliphatic rings. The maximum absolute atomic E-state index is 13.6. The van der Waals surface area contributed by atoms with Gasteiger partial charge in [0.25, 0.3) is 11.8 Å². The van der Waals surface area contributed by atoms with E-state index in [2.05, 4.69) is 5.32 Å². The van der Waals surface area contributed by atoms with Crippen LogP contribution in [0.15, 0.2) is 72.8 Å². The second kappa shape index (κ2) is 10.2. The molecule has 1 saturated heterocycles. The van der Waals surface area contributed by atoms with Crippen molar-refractivity contribution in [3.63, 3.8) is 0 Å². The Morgan fingerprint density at radius 1 is 1.00 bits per heavy atom. The van der Waals surface area contributed by atoms with Crippen LogP contribution in [0.5, 0.6) is 5.75 Å². The molecule has 7 nitrogen and oxygen atoms in total. The molecular formula is C29H29N3O4. The van der Waals surface area contributed by atoms with Gasteiger partial charge in [0, 0.05) is 18.7 Å². The van der Waals surface area contributed by atoms with E-state index in [0.29, 0.717) is 42.9 Å². The van der Waals surface area contributed by atoms with Crippen LogP contribution < -0.4 is 15.0 Å². The Labute approximate surface area is 210 Å². The summed E-state index contributed by atoms with van der Waals surface area (Å²) in [5.41, 5.74) is 3.30. The summed E-state index contributed by atoms with van der Waals surface area (Å²) in [4.78, 5) is 43.4. The number of amides is 3. The van der Waals surface area contributed by atoms with Crippen LogP contribution in [-0.4, -0.2) is 41.8 Å². The molecule has 3 amide bonds. The van der Waals surface area contributed by atoms with Crippen molar-refractivity contribution in [3.8, 4) is 5.75 Å². The first kappa shape index (κ1) is 23.6. The molecule has 0 aliphatic carbocycles. The molecule has 3 aromatic carbocycles. The summed E-state index contributed by atoms with van der Waals surface area (Å²) in [6, 6.07) is 21.7. The summed E-state index contributed by atoms with van der Waals surface area (Å²) >= 11 is 0. The van der Waals surface area contributed by atoms with E-state index >= 15 is 0 Å². The number of benzene rings is 3. The fourth-order valence-corrected chi connectivity index (χ4v) is 4.97. The normalized spacial score (nSPS) is 16.9. The van der Waals surface area contributed by atoms with Gasteiger partial charge in [0.05, 0.1) is 24.4 Å². The van der Waals surface area contributed by atoms with Gasteiger partial charge in [-0.25, -0.2) is 0 Å². The van der Waals surface area contributed by atoms with E-state index in [1.165, 1.54) is 0 Å². The van der Waals surface area contributed by atoms with Crippen LogP contribution in [0.3, 0.4) is 0 Å². The zero-order chi connectivity index (χ0) is 25.1. The smallest absolute Gasteiger partial charge is 0.256 e. The van der Waals surface area contributed by atoms with Crippen LogP contribution in [0.25, 0.3) is 0 Å². The minimum absolute atomic E-state index is 0.101. The lowest BCUT2D eigenvalue weighted by atomic mass is 10.0. The Hall–Kier alpha value is -4.13. The van der Waals surface area contributed by atoms with Crippen molar-refractivity contribution in [1.29, 1.82) is 0 Å². The van der Waals surface area contributed by atoms with E-state index < -0.39 is 6.04 Å². The number of hydrogen-bond acceptors (Lipinski definition) is 4. The SMILES string of the molecule is CCOc1ccc(CNC(=O)c2ccccc2CN2C(=O)C3CCCN3C(=O)c3ccccc32)cc1. The van der Waals surface area contributed by atoms with Crippen molar-refractivity contribution >= 4 is 23.4 Å². The average molecular weight is 484 g/mol. The number of nitrogens with zero attached hydrogens (tertiary/aromatic N) is 2. The average Bonchev–Trinajstić information content (AvgIpc) is 3.38. The number of para-hydroxylation sites is 1. The quantitative estimate of drug-likeness (QED) is 0.547. The summed E-state index contributed by atoms with van der Waals surface area (Å²) < 4.78 is 5.48. The highest BCUT2D eigenvalue weighted by Crippen LogP contribution is 2.33. The third kappa shape index (κ3) is 4.56. The van der Waals surface area contributed by atoms with E-state index in [0.717, 1.165) is 23.3 Å². The Kier molecular flexibility index (Phi) is 6.71. The fraction of sp³-hybridized carbons (Fsp3) is 0.276. The van der Waals surface area contributed by atoms with Gasteiger partial charge >= 0.3 is 0 Å². The summed E-state index contributed by atoms with van der Waals surface area (Å²) in [5, 5.41) is 2.99. The zero-order valence-corrected chi connectivity index (χ0v) is 20.3. The molecule has 0 radical (unpaired) electrons. The Morgan fingerprint density at radius 2 is 1.75 bits per heavy atom. The Bertz CT molecular complexity index is 1290. The number of nitrogens with one attached hydrogen (secondary N) is 1. The molecule has 0 saturated carbocycles. The molecule has 1 N–H and O–H groups in total. The molecule has 2 heterocycles. The molecule has 36 heavy (non-hydrogen) atoms. The van der Waals surface area contributed by atoms with E-state index in [1.54, 1.807) is 21.9 Å². The van der Waals surface area contributed by atoms with E-state index in [1.807, 2.05) is 67.6 Å². The number of rotatable bonds is 7. The molecule has 1 unspecified atom stereocenters. The van der Waals surface area contributed by atoms with Crippen molar-refractivity contribution in [2.24, 2.45) is 0 Å². The fourth-order valence-electron chi connectivity index (χ4n) is 4.97. The minimum atomic E-state index is -0.467. The van der Waals surface area contributed by atoms with Crippen LogP contribution in [0, 0.1) is 0 Å². The molecule has 2 aliphatic heterocycles. The summed E-state index contributed by atoms with van der Waals surface area (Å²) in [6.45, 7) is 3.70. The molecule has 0 spiro atoms. The Morgan fingerprint density at radius 3 is 2.56 bits per heavy atom. The van der Waals surface area contributed by atoms with Gasteiger partial charge in [-0.15, -0.1) is 0 Å². The van der Waals surface area contributed by atoms with Crippen molar-refractivity contribution in [2.45, 2.75) is 38.9 Å². The molecule has 7 heteroatoms. The molecule has 5 rings (SSSR count). The third-order valence-corrected chi connectivity index (χ3v) is 6.77. The second-order valence-corrected chi connectivity index (χ2v) is 9.01. The number of hydrogen-bond donors (Lipinski definition) is 1. The van der Waals surface area contributed by atoms with Gasteiger partial charge in [-0.1, -0.05) is 42.5 Å². The molecule has 1 atom stereocenters. The maximum Gasteiger partial charge on any atom is 0.256 e. The molecule has 1 fully saturated rings. The number of carbonyl (C=O) groups excluding carboxylic acids is 3. The van der Waals surface area contributed by atoms with Gasteiger partial charge in [-0.05, 0) is 61.2 Å². The first-order valence-electron chi connectivity index (χ1n) is 12.4. The monoisotopic (exact) mass is 483 g/mol. The lowest BCUT2D eigenvalue weighted by Crippen LogP contribution is -2.44. The van der Waals surface area contributed by atoms with E-state index in [9.17, 15) is 14.4 Å². The van der Waals surface area contributed by atoms with Crippen LogP contribution in [0.2, 0.25) is 0 Å². The minimum Gasteiger partial charge on any atom is -0.494 e. The van der Waals surface area contributed by atoms with Crippen molar-refractivity contribution in [3.05, 3.63) is 95.1 Å². The van der Waals surface area contributed by atoms with Gasteiger partial charge in [0.15, 0.2) is 0 Å². The predicted octanol–water partition coefficient (Wildman–Crippen LogP) is 4.17.